The first-order valence-corrected chi connectivity index (χ1v) is 42.3. The van der Waals surface area contributed by atoms with Crippen LogP contribution < -0.4 is 0 Å². The first-order chi connectivity index (χ1) is 56.3. The molecule has 24 nitrogen and oxygen atoms in total. The molecule has 4 aromatic heterocycles. The number of esters is 4. The SMILES string of the molecule is CC.CC.COC(=O)CC(CC(=O)Cc1c(C)c(C)c(C)c(C)c1C)c1nnn(C)c1C.COC(=O)CC(CC(=O)Cc1c(C)c(C)c(C)c(C)c1C)c1nnn(C)c1C.COC(=O)CCCC(CCC(=O)CCc1c(C)c(C)c(C)c(C)c1C)c1nnn(C)c1C.COC(=O)C[C@H](CC(=O)Cc1c(C)c(C)c(C)c(C)c1C)c1nnn(C)c1C.[U].[U]. The molecule has 122 heavy (non-hydrogen) atoms. The molecule has 8 aromatic rings. The fourth-order valence-electron chi connectivity index (χ4n) is 15.7. The largest absolute Gasteiger partial charge is 0.469 e. The number of aryl methyl sites for hydroxylation is 4. The third-order valence-electron chi connectivity index (χ3n) is 25.8. The summed E-state index contributed by atoms with van der Waals surface area (Å²) in [6.07, 6.45) is 6.59. The molecule has 0 fully saturated rings. The molecule has 0 N–H and O–H groups in total. The Morgan fingerprint density at radius 3 is 0.689 bits per heavy atom. The standard InChI is InChI=1S/C26H39N3O3.3C22H31N3O3.2C2H6.2U/c1-16-17(2)19(4)24(20(5)18(16)3)15-14-23(30)13-12-22(10-9-11-25(31)32-8)26-21(6)29(7)28-27-26;3*1-12-13(2)15(4)20(16(5)14(12)3)11-19(26)9-18(10-21(27)28-8)22-17(6)25(7)24-23-22;2*1-2;;/h22H,9-15H2,1-8H3;3*18H,9-11H2,1-8H3;2*1-2H3;;/t;18-;;;;;;/m.0....../s1. The molecule has 26 heteroatoms. The fourth-order valence-corrected chi connectivity index (χ4v) is 15.7. The van der Waals surface area contributed by atoms with Crippen LogP contribution in [0.5, 0.6) is 0 Å². The van der Waals surface area contributed by atoms with Crippen molar-refractivity contribution in [3.63, 3.8) is 0 Å². The summed E-state index contributed by atoms with van der Waals surface area (Å²) < 4.78 is 26.0. The van der Waals surface area contributed by atoms with Crippen molar-refractivity contribution in [1.29, 1.82) is 0 Å². The molecule has 0 aliphatic rings. The quantitative estimate of drug-likeness (QED) is 0.0279. The number of aromatic nitrogens is 12. The zero-order valence-electron chi connectivity index (χ0n) is 80.9. The Balaban J connectivity index is 0.000000798. The fraction of sp³-hybridized carbons (Fsp3) is 0.583. The van der Waals surface area contributed by atoms with Gasteiger partial charge in [-0.1, -0.05) is 48.5 Å². The molecule has 4 aromatic carbocycles. The van der Waals surface area contributed by atoms with Crippen LogP contribution in [0.1, 0.15) is 307 Å². The maximum atomic E-state index is 13.0. The number of Topliss-reactive ketones (excluding diaryl/α,β-unsaturated/α-hetero) is 4. The Kier molecular flexibility index (Phi) is 48.5. The molecule has 0 bridgehead atoms. The number of carbonyl (C=O) groups is 8. The summed E-state index contributed by atoms with van der Waals surface area (Å²) in [5, 5.41) is 33.1. The van der Waals surface area contributed by atoms with Crippen LogP contribution in [0.15, 0.2) is 0 Å². The summed E-state index contributed by atoms with van der Waals surface area (Å²) in [6.45, 7) is 58.0. The molecule has 0 amide bonds. The number of nitrogens with zero attached hydrogens (tertiary/aromatic N) is 12. The van der Waals surface area contributed by atoms with Gasteiger partial charge < -0.3 is 18.9 Å². The Morgan fingerprint density at radius 1 is 0.262 bits per heavy atom. The second-order valence-electron chi connectivity index (χ2n) is 32.1. The van der Waals surface area contributed by atoms with Gasteiger partial charge in [-0.2, -0.15) is 0 Å². The minimum absolute atomic E-state index is 0. The van der Waals surface area contributed by atoms with E-state index in [9.17, 15) is 38.4 Å². The summed E-state index contributed by atoms with van der Waals surface area (Å²) >= 11 is 0. The van der Waals surface area contributed by atoms with Crippen molar-refractivity contribution in [1.82, 2.24) is 60.0 Å². The van der Waals surface area contributed by atoms with Crippen LogP contribution in [0.25, 0.3) is 0 Å². The van der Waals surface area contributed by atoms with Crippen LogP contribution in [0, 0.1) is 228 Å². The van der Waals surface area contributed by atoms with Gasteiger partial charge in [0.15, 0.2) is 0 Å². The number of rotatable bonds is 32. The van der Waals surface area contributed by atoms with E-state index < -0.39 is 0 Å². The van der Waals surface area contributed by atoms with Gasteiger partial charge in [-0.25, -0.2) is 0 Å². The van der Waals surface area contributed by atoms with E-state index in [1.807, 2.05) is 62.4 Å². The number of benzene rings is 4. The third kappa shape index (κ3) is 29.6. The molecule has 0 aliphatic heterocycles. The van der Waals surface area contributed by atoms with Crippen LogP contribution in [0.4, 0.5) is 0 Å². The molecule has 3 unspecified atom stereocenters. The zero-order valence-corrected chi connectivity index (χ0v) is 89.2. The molecule has 4 atom stereocenters. The van der Waals surface area contributed by atoms with E-state index >= 15 is 0 Å². The Hall–Kier alpha value is -7.90. The molecule has 8 rings (SSSR count). The van der Waals surface area contributed by atoms with Gasteiger partial charge in [0, 0.05) is 172 Å². The number of ether oxygens (including phenoxy) is 4. The van der Waals surface area contributed by atoms with Crippen molar-refractivity contribution in [2.45, 2.75) is 320 Å². The Bertz CT molecular complexity index is 4470. The second kappa shape index (κ2) is 52.8. The molecular weight excluding hydrogens is 1990 g/mol. The van der Waals surface area contributed by atoms with Gasteiger partial charge in [0.25, 0.3) is 0 Å². The summed E-state index contributed by atoms with van der Waals surface area (Å²) in [4.78, 5) is 99.0. The van der Waals surface area contributed by atoms with Gasteiger partial charge in [-0.15, -0.1) is 20.4 Å². The minimum Gasteiger partial charge on any atom is -0.469 e. The van der Waals surface area contributed by atoms with E-state index in [2.05, 4.69) is 180 Å². The van der Waals surface area contributed by atoms with Crippen molar-refractivity contribution in [3.8, 4) is 0 Å². The van der Waals surface area contributed by atoms with Crippen LogP contribution in [-0.2, 0) is 111 Å². The molecular formula is C96H144N12O12U2. The Morgan fingerprint density at radius 2 is 0.475 bits per heavy atom. The number of ketones is 4. The molecule has 0 spiro atoms. The van der Waals surface area contributed by atoms with E-state index in [0.29, 0.717) is 62.0 Å². The average Bonchev–Trinajstić information content (AvgIpc) is 1.11. The smallest absolute Gasteiger partial charge is 0.306 e. The second-order valence-corrected chi connectivity index (χ2v) is 32.1. The van der Waals surface area contributed by atoms with Crippen molar-refractivity contribution in [3.05, 3.63) is 179 Å². The van der Waals surface area contributed by atoms with Crippen LogP contribution in [0.3, 0.4) is 0 Å². The Labute approximate surface area is 776 Å². The minimum atomic E-state index is -0.350. The van der Waals surface area contributed by atoms with Gasteiger partial charge in [0.2, 0.25) is 0 Å². The molecule has 0 saturated carbocycles. The maximum absolute atomic E-state index is 13.0. The van der Waals surface area contributed by atoms with Crippen molar-refractivity contribution in [2.75, 3.05) is 28.4 Å². The third-order valence-corrected chi connectivity index (χ3v) is 25.8. The van der Waals surface area contributed by atoms with Gasteiger partial charge in [0.1, 0.15) is 23.1 Å². The van der Waals surface area contributed by atoms with Crippen molar-refractivity contribution < 1.29 is 120 Å². The van der Waals surface area contributed by atoms with E-state index in [1.54, 1.807) is 39.9 Å². The van der Waals surface area contributed by atoms with Crippen LogP contribution >= 0.6 is 0 Å². The average molecular weight is 2130 g/mol. The van der Waals surface area contributed by atoms with Gasteiger partial charge >= 0.3 is 23.9 Å². The van der Waals surface area contributed by atoms with E-state index in [0.717, 1.165) is 64.4 Å². The van der Waals surface area contributed by atoms with Crippen LogP contribution in [0.2, 0.25) is 0 Å². The van der Waals surface area contributed by atoms with Crippen LogP contribution in [-0.4, -0.2) is 135 Å². The normalized spacial score (nSPS) is 11.6. The summed E-state index contributed by atoms with van der Waals surface area (Å²) in [6, 6.07) is 0. The van der Waals surface area contributed by atoms with E-state index in [-0.39, 0.29) is 171 Å². The summed E-state index contributed by atoms with van der Waals surface area (Å²) in [7, 11) is 12.7. The molecule has 0 aliphatic carbocycles. The van der Waals surface area contributed by atoms with Gasteiger partial charge in [-0.3, -0.25) is 57.1 Å². The summed E-state index contributed by atoms with van der Waals surface area (Å²) in [5.41, 5.74) is 36.1. The van der Waals surface area contributed by atoms with Gasteiger partial charge in [-0.05, 0) is 325 Å². The summed E-state index contributed by atoms with van der Waals surface area (Å²) in [5.74, 6) is -1.58. The first-order valence-electron chi connectivity index (χ1n) is 42.3. The molecule has 0 radical (unpaired) electrons. The molecule has 668 valence electrons. The van der Waals surface area contributed by atoms with E-state index in [1.165, 1.54) is 145 Å². The number of carbonyl (C=O) groups excluding carboxylic acids is 8. The maximum Gasteiger partial charge on any atom is 0.306 e. The topological polar surface area (TPSA) is 296 Å². The number of hydrogen-bond acceptors (Lipinski definition) is 20. The van der Waals surface area contributed by atoms with Crippen molar-refractivity contribution >= 4 is 47.0 Å². The molecule has 4 heterocycles. The zero-order chi connectivity index (χ0) is 91.5. The van der Waals surface area contributed by atoms with E-state index in [4.69, 9.17) is 18.9 Å². The number of methoxy groups -OCH3 is 4. The predicted octanol–water partition coefficient (Wildman–Crippen LogP) is 17.7. The number of hydrogen-bond donors (Lipinski definition) is 0. The first kappa shape index (κ1) is 112. The molecule has 0 saturated heterocycles. The van der Waals surface area contributed by atoms with Gasteiger partial charge in [0.05, 0.1) is 93.3 Å². The predicted molar refractivity (Wildman–Crippen MR) is 475 cm³/mol. The monoisotopic (exact) mass is 2130 g/mol. The van der Waals surface area contributed by atoms with Crippen molar-refractivity contribution in [2.24, 2.45) is 28.2 Å².